The summed E-state index contributed by atoms with van der Waals surface area (Å²) >= 11 is 1.26. The number of amidine groups is 1. The minimum atomic E-state index is -0.0201. The zero-order valence-electron chi connectivity index (χ0n) is 5.83. The predicted octanol–water partition coefficient (Wildman–Crippen LogP) is 0.858. The molecule has 0 saturated carbocycles. The van der Waals surface area contributed by atoms with Crippen molar-refractivity contribution in [1.82, 2.24) is 4.98 Å². The maximum Gasteiger partial charge on any atom is 0.194 e. The second-order valence-corrected chi connectivity index (χ2v) is 2.60. The van der Waals surface area contributed by atoms with Crippen LogP contribution in [0.4, 0.5) is 0 Å². The molecule has 1 aromatic heterocycles. The van der Waals surface area contributed by atoms with Crippen molar-refractivity contribution in [2.75, 3.05) is 7.11 Å². The summed E-state index contributed by atoms with van der Waals surface area (Å²) < 4.78 is 4.85. The van der Waals surface area contributed by atoms with Crippen molar-refractivity contribution in [2.24, 2.45) is 5.73 Å². The molecule has 0 saturated heterocycles. The number of rotatable bonds is 2. The average Bonchev–Trinajstić information content (AvgIpc) is 2.34. The monoisotopic (exact) mass is 193 g/mol. The van der Waals surface area contributed by atoms with E-state index in [-0.39, 0.29) is 18.2 Å². The lowest BCUT2D eigenvalue weighted by Crippen LogP contribution is -2.09. The number of thiazole rings is 1. The Morgan fingerprint density at radius 3 is 2.73 bits per heavy atom. The minimum absolute atomic E-state index is 0. The first-order valence-corrected chi connectivity index (χ1v) is 3.40. The quantitative estimate of drug-likeness (QED) is 0.541. The minimum Gasteiger partial charge on any atom is -0.486 e. The second-order valence-electron chi connectivity index (χ2n) is 1.60. The lowest BCUT2D eigenvalue weighted by atomic mass is 10.6. The summed E-state index contributed by atoms with van der Waals surface area (Å²) in [7, 11) is 1.55. The van der Waals surface area contributed by atoms with Gasteiger partial charge in [-0.05, 0) is 0 Å². The van der Waals surface area contributed by atoms with Gasteiger partial charge in [-0.3, -0.25) is 5.41 Å². The van der Waals surface area contributed by atoms with Crippen molar-refractivity contribution in [2.45, 2.75) is 0 Å². The van der Waals surface area contributed by atoms with Gasteiger partial charge in [-0.15, -0.1) is 12.4 Å². The van der Waals surface area contributed by atoms with E-state index in [1.165, 1.54) is 11.3 Å². The Hall–Kier alpha value is -0.810. The molecule has 3 N–H and O–H groups in total. The summed E-state index contributed by atoms with van der Waals surface area (Å²) in [5, 5.41) is 8.16. The maximum absolute atomic E-state index is 6.99. The van der Waals surface area contributed by atoms with Crippen LogP contribution in [0.25, 0.3) is 0 Å². The molecule has 62 valence electrons. The van der Waals surface area contributed by atoms with Crippen LogP contribution in [0.5, 0.6) is 5.06 Å². The lowest BCUT2D eigenvalue weighted by molar-refractivity contribution is 0.426. The molecule has 0 aliphatic rings. The topological polar surface area (TPSA) is 72.0 Å². The number of nitrogens with zero attached hydrogens (tertiary/aromatic N) is 1. The standard InChI is InChI=1S/C5H7N3OS.ClH/c1-9-3-2-8-5(10-3)4(6)7;/h2H,1H3,(H3,6,7);1H. The molecule has 0 aliphatic heterocycles. The smallest absolute Gasteiger partial charge is 0.194 e. The largest absolute Gasteiger partial charge is 0.486 e. The van der Waals surface area contributed by atoms with Crippen LogP contribution in [-0.4, -0.2) is 17.9 Å². The van der Waals surface area contributed by atoms with Crippen molar-refractivity contribution in [1.29, 1.82) is 5.41 Å². The van der Waals surface area contributed by atoms with E-state index in [2.05, 4.69) is 4.98 Å². The van der Waals surface area contributed by atoms with Crippen LogP contribution in [0.15, 0.2) is 6.20 Å². The molecule has 1 heterocycles. The molecule has 0 bridgehead atoms. The Bertz CT molecular complexity index is 250. The van der Waals surface area contributed by atoms with Crippen LogP contribution >= 0.6 is 23.7 Å². The van der Waals surface area contributed by atoms with Gasteiger partial charge in [0.25, 0.3) is 0 Å². The number of nitrogens with one attached hydrogen (secondary N) is 1. The maximum atomic E-state index is 6.99. The zero-order valence-corrected chi connectivity index (χ0v) is 7.46. The fraction of sp³-hybridized carbons (Fsp3) is 0.200. The van der Waals surface area contributed by atoms with Gasteiger partial charge in [0.15, 0.2) is 15.9 Å². The van der Waals surface area contributed by atoms with Crippen LogP contribution in [-0.2, 0) is 0 Å². The highest BCUT2D eigenvalue weighted by Crippen LogP contribution is 2.19. The van der Waals surface area contributed by atoms with E-state index in [0.29, 0.717) is 10.1 Å². The number of methoxy groups -OCH3 is 1. The molecule has 11 heavy (non-hydrogen) atoms. The second kappa shape index (κ2) is 4.15. The van der Waals surface area contributed by atoms with Crippen LogP contribution < -0.4 is 10.5 Å². The summed E-state index contributed by atoms with van der Waals surface area (Å²) in [6, 6.07) is 0. The molecule has 0 aliphatic carbocycles. The molecular weight excluding hydrogens is 186 g/mol. The van der Waals surface area contributed by atoms with Gasteiger partial charge in [-0.1, -0.05) is 11.3 Å². The molecule has 0 spiro atoms. The van der Waals surface area contributed by atoms with E-state index in [1.807, 2.05) is 0 Å². The molecule has 0 amide bonds. The van der Waals surface area contributed by atoms with Crippen molar-refractivity contribution in [3.63, 3.8) is 0 Å². The van der Waals surface area contributed by atoms with E-state index < -0.39 is 0 Å². The van der Waals surface area contributed by atoms with E-state index in [9.17, 15) is 0 Å². The molecule has 4 nitrogen and oxygen atoms in total. The first-order valence-electron chi connectivity index (χ1n) is 2.58. The average molecular weight is 194 g/mol. The summed E-state index contributed by atoms with van der Waals surface area (Å²) in [5.74, 6) is -0.0201. The first kappa shape index (κ1) is 10.2. The molecule has 1 rings (SSSR count). The number of nitrogen functional groups attached to an aromatic ring is 1. The van der Waals surface area contributed by atoms with Gasteiger partial charge in [0.05, 0.1) is 13.3 Å². The number of ether oxygens (including phenoxy) is 1. The van der Waals surface area contributed by atoms with Crippen molar-refractivity contribution >= 4 is 29.6 Å². The normalized spacial score (nSPS) is 8.45. The molecule has 0 aromatic carbocycles. The summed E-state index contributed by atoms with van der Waals surface area (Å²) in [6.07, 6.45) is 1.54. The van der Waals surface area contributed by atoms with Crippen molar-refractivity contribution in [3.05, 3.63) is 11.2 Å². The van der Waals surface area contributed by atoms with Crippen LogP contribution in [0.1, 0.15) is 5.01 Å². The van der Waals surface area contributed by atoms with Gasteiger partial charge in [-0.25, -0.2) is 4.98 Å². The van der Waals surface area contributed by atoms with Crippen LogP contribution in [0, 0.1) is 5.41 Å². The first-order chi connectivity index (χ1) is 4.74. The van der Waals surface area contributed by atoms with Gasteiger partial charge in [0.1, 0.15) is 0 Å². The zero-order chi connectivity index (χ0) is 7.56. The van der Waals surface area contributed by atoms with Crippen LogP contribution in [0.2, 0.25) is 0 Å². The number of hydrogen-bond acceptors (Lipinski definition) is 4. The van der Waals surface area contributed by atoms with Gasteiger partial charge in [-0.2, -0.15) is 0 Å². The van der Waals surface area contributed by atoms with Crippen molar-refractivity contribution < 1.29 is 4.74 Å². The highest BCUT2D eigenvalue weighted by atomic mass is 35.5. The fourth-order valence-electron chi connectivity index (χ4n) is 0.478. The molecular formula is C5H8ClN3OS. The lowest BCUT2D eigenvalue weighted by Gasteiger charge is -1.87. The van der Waals surface area contributed by atoms with E-state index in [0.717, 1.165) is 0 Å². The molecule has 0 fully saturated rings. The van der Waals surface area contributed by atoms with Gasteiger partial charge in [0, 0.05) is 0 Å². The van der Waals surface area contributed by atoms with Gasteiger partial charge in [0.2, 0.25) is 0 Å². The Labute approximate surface area is 74.3 Å². The molecule has 6 heteroatoms. The predicted molar refractivity (Wildman–Crippen MR) is 46.9 cm³/mol. The Morgan fingerprint density at radius 2 is 2.45 bits per heavy atom. The summed E-state index contributed by atoms with van der Waals surface area (Å²) in [5.41, 5.74) is 5.16. The number of nitrogens with two attached hydrogens (primary N) is 1. The van der Waals surface area contributed by atoms with Crippen LogP contribution in [0.3, 0.4) is 0 Å². The number of halogens is 1. The third-order valence-electron chi connectivity index (χ3n) is 0.916. The molecule has 0 unspecified atom stereocenters. The Kier molecular flexibility index (Phi) is 3.84. The summed E-state index contributed by atoms with van der Waals surface area (Å²) in [4.78, 5) is 3.83. The number of hydrogen-bond donors (Lipinski definition) is 2. The van der Waals surface area contributed by atoms with Crippen molar-refractivity contribution in [3.8, 4) is 5.06 Å². The van der Waals surface area contributed by atoms with E-state index >= 15 is 0 Å². The highest BCUT2D eigenvalue weighted by Gasteiger charge is 2.02. The third-order valence-corrected chi connectivity index (χ3v) is 1.91. The molecule has 0 atom stereocenters. The van der Waals surface area contributed by atoms with Gasteiger partial charge < -0.3 is 10.5 Å². The van der Waals surface area contributed by atoms with Gasteiger partial charge >= 0.3 is 0 Å². The third kappa shape index (κ3) is 2.36. The highest BCUT2D eigenvalue weighted by molar-refractivity contribution is 7.15. The molecule has 1 aromatic rings. The van der Waals surface area contributed by atoms with E-state index in [4.69, 9.17) is 15.9 Å². The Balaban J connectivity index is 0.000001000. The van der Waals surface area contributed by atoms with E-state index in [1.54, 1.807) is 13.3 Å². The summed E-state index contributed by atoms with van der Waals surface area (Å²) in [6.45, 7) is 0. The molecule has 0 radical (unpaired) electrons. The number of aromatic nitrogens is 1. The Morgan fingerprint density at radius 1 is 1.82 bits per heavy atom. The fourth-order valence-corrected chi connectivity index (χ4v) is 1.07. The SMILES string of the molecule is COc1cnc(C(=N)N)s1.Cl.